The summed E-state index contributed by atoms with van der Waals surface area (Å²) in [6.45, 7) is 2.48. The van der Waals surface area contributed by atoms with E-state index < -0.39 is 0 Å². The van der Waals surface area contributed by atoms with Crippen LogP contribution in [0.15, 0.2) is 27.2 Å². The average Bonchev–Trinajstić information content (AvgIpc) is 2.77. The lowest BCUT2D eigenvalue weighted by molar-refractivity contribution is 0.377. The zero-order valence-corrected chi connectivity index (χ0v) is 11.4. The van der Waals surface area contributed by atoms with Gasteiger partial charge in [-0.05, 0) is 41.1 Å². The van der Waals surface area contributed by atoms with Crippen LogP contribution < -0.4 is 5.32 Å². The number of nitriles is 1. The first-order chi connectivity index (χ1) is 8.69. The quantitative estimate of drug-likeness (QED) is 0.940. The Kier molecular flexibility index (Phi) is 3.95. The van der Waals surface area contributed by atoms with Crippen LogP contribution in [0.4, 0.5) is 5.69 Å². The average molecular weight is 307 g/mol. The molecule has 18 heavy (non-hydrogen) atoms. The molecule has 1 aromatic carbocycles. The molecule has 0 saturated carbocycles. The van der Waals surface area contributed by atoms with E-state index in [-0.39, 0.29) is 0 Å². The van der Waals surface area contributed by atoms with Crippen molar-refractivity contribution in [2.75, 3.05) is 11.9 Å². The summed E-state index contributed by atoms with van der Waals surface area (Å²) in [5, 5.41) is 15.7. The van der Waals surface area contributed by atoms with Crippen LogP contribution in [0.25, 0.3) is 0 Å². The third kappa shape index (κ3) is 3.08. The molecule has 0 aliphatic heterocycles. The van der Waals surface area contributed by atoms with E-state index in [2.05, 4.69) is 37.5 Å². The highest BCUT2D eigenvalue weighted by Gasteiger charge is 2.04. The van der Waals surface area contributed by atoms with Crippen LogP contribution in [0.5, 0.6) is 0 Å². The first-order valence-corrected chi connectivity index (χ1v) is 6.21. The minimum Gasteiger partial charge on any atom is -0.384 e. The molecule has 1 N–H and O–H groups in total. The van der Waals surface area contributed by atoms with Crippen LogP contribution in [0, 0.1) is 18.3 Å². The fourth-order valence-electron chi connectivity index (χ4n) is 1.47. The number of benzene rings is 1. The zero-order chi connectivity index (χ0) is 13.0. The lowest BCUT2D eigenvalue weighted by Gasteiger charge is -2.07. The molecule has 2 rings (SSSR count). The van der Waals surface area contributed by atoms with Gasteiger partial charge < -0.3 is 9.84 Å². The van der Waals surface area contributed by atoms with Gasteiger partial charge in [-0.25, -0.2) is 0 Å². The van der Waals surface area contributed by atoms with E-state index >= 15 is 0 Å². The van der Waals surface area contributed by atoms with Crippen LogP contribution in [0.1, 0.15) is 17.3 Å². The van der Waals surface area contributed by atoms with Crippen molar-refractivity contribution in [2.45, 2.75) is 13.3 Å². The number of hydrogen-bond acceptors (Lipinski definition) is 5. The van der Waals surface area contributed by atoms with Gasteiger partial charge in [-0.3, -0.25) is 0 Å². The van der Waals surface area contributed by atoms with Crippen LogP contribution in [0.3, 0.4) is 0 Å². The Labute approximate surface area is 113 Å². The SMILES string of the molecule is Cc1noc(CCNc2ccc(C#N)cc2Br)n1. The number of aryl methyl sites for hydroxylation is 1. The van der Waals surface area contributed by atoms with Gasteiger partial charge in [0.1, 0.15) is 0 Å². The first kappa shape index (κ1) is 12.6. The lowest BCUT2D eigenvalue weighted by atomic mass is 10.2. The van der Waals surface area contributed by atoms with E-state index in [4.69, 9.17) is 9.78 Å². The summed E-state index contributed by atoms with van der Waals surface area (Å²) in [6.07, 6.45) is 0.660. The molecule has 0 radical (unpaired) electrons. The molecular formula is C12H11BrN4O. The Hall–Kier alpha value is -1.87. The summed E-state index contributed by atoms with van der Waals surface area (Å²) in [6, 6.07) is 7.50. The predicted octanol–water partition coefficient (Wildman–Crippen LogP) is 2.67. The van der Waals surface area contributed by atoms with Crippen molar-refractivity contribution in [1.29, 1.82) is 5.26 Å². The van der Waals surface area contributed by atoms with Crippen LogP contribution >= 0.6 is 15.9 Å². The molecule has 92 valence electrons. The minimum atomic E-state index is 0.616. The van der Waals surface area contributed by atoms with Gasteiger partial charge in [0.2, 0.25) is 5.89 Å². The highest BCUT2D eigenvalue weighted by molar-refractivity contribution is 9.10. The Bertz CT molecular complexity index is 588. The molecule has 0 aliphatic rings. The maximum Gasteiger partial charge on any atom is 0.228 e. The molecule has 0 fully saturated rings. The van der Waals surface area contributed by atoms with E-state index in [1.165, 1.54) is 0 Å². The number of nitrogens with zero attached hydrogens (tertiary/aromatic N) is 3. The molecule has 1 aromatic heterocycles. The van der Waals surface area contributed by atoms with Gasteiger partial charge in [0.25, 0.3) is 0 Å². The Morgan fingerprint density at radius 3 is 2.94 bits per heavy atom. The van der Waals surface area contributed by atoms with E-state index in [1.54, 1.807) is 19.1 Å². The van der Waals surface area contributed by atoms with Gasteiger partial charge in [0, 0.05) is 23.1 Å². The number of halogens is 1. The third-order valence-electron chi connectivity index (χ3n) is 2.32. The van der Waals surface area contributed by atoms with E-state index in [0.29, 0.717) is 30.2 Å². The second-order valence-electron chi connectivity index (χ2n) is 3.72. The zero-order valence-electron chi connectivity index (χ0n) is 9.77. The normalized spacial score (nSPS) is 10.1. The van der Waals surface area contributed by atoms with Crippen molar-refractivity contribution < 1.29 is 4.52 Å². The van der Waals surface area contributed by atoms with Gasteiger partial charge in [-0.2, -0.15) is 10.2 Å². The van der Waals surface area contributed by atoms with Crippen molar-refractivity contribution in [3.63, 3.8) is 0 Å². The summed E-state index contributed by atoms with van der Waals surface area (Å²) in [5.74, 6) is 1.26. The maximum absolute atomic E-state index is 8.76. The molecule has 0 saturated heterocycles. The van der Waals surface area contributed by atoms with E-state index in [1.807, 2.05) is 6.07 Å². The van der Waals surface area contributed by atoms with Gasteiger partial charge >= 0.3 is 0 Å². The van der Waals surface area contributed by atoms with Gasteiger partial charge in [0.05, 0.1) is 11.6 Å². The molecule has 0 bridgehead atoms. The van der Waals surface area contributed by atoms with Gasteiger partial charge in [-0.1, -0.05) is 5.16 Å². The molecule has 2 aromatic rings. The van der Waals surface area contributed by atoms with Gasteiger partial charge in [0.15, 0.2) is 5.82 Å². The Morgan fingerprint density at radius 2 is 2.33 bits per heavy atom. The Morgan fingerprint density at radius 1 is 1.50 bits per heavy atom. The fourth-order valence-corrected chi connectivity index (χ4v) is 1.99. The minimum absolute atomic E-state index is 0.616. The first-order valence-electron chi connectivity index (χ1n) is 5.42. The molecule has 5 nitrogen and oxygen atoms in total. The summed E-state index contributed by atoms with van der Waals surface area (Å²) in [4.78, 5) is 4.12. The molecule has 6 heteroatoms. The topological polar surface area (TPSA) is 74.7 Å². The summed E-state index contributed by atoms with van der Waals surface area (Å²) in [5.41, 5.74) is 1.56. The summed E-state index contributed by atoms with van der Waals surface area (Å²) in [7, 11) is 0. The number of anilines is 1. The highest BCUT2D eigenvalue weighted by Crippen LogP contribution is 2.23. The summed E-state index contributed by atoms with van der Waals surface area (Å²) < 4.78 is 5.88. The summed E-state index contributed by atoms with van der Waals surface area (Å²) >= 11 is 3.41. The molecule has 0 aliphatic carbocycles. The molecule has 0 unspecified atom stereocenters. The van der Waals surface area contributed by atoms with Crippen molar-refractivity contribution in [1.82, 2.24) is 10.1 Å². The number of nitrogens with one attached hydrogen (secondary N) is 1. The monoisotopic (exact) mass is 306 g/mol. The van der Waals surface area contributed by atoms with Crippen molar-refractivity contribution in [2.24, 2.45) is 0 Å². The van der Waals surface area contributed by atoms with Crippen LogP contribution in [0.2, 0.25) is 0 Å². The molecule has 0 atom stereocenters. The van der Waals surface area contributed by atoms with Gasteiger partial charge in [-0.15, -0.1) is 0 Å². The second kappa shape index (κ2) is 5.65. The molecule has 0 amide bonds. The smallest absolute Gasteiger partial charge is 0.228 e. The van der Waals surface area contributed by atoms with Crippen LogP contribution in [-0.4, -0.2) is 16.7 Å². The van der Waals surface area contributed by atoms with E-state index in [9.17, 15) is 0 Å². The molecular weight excluding hydrogens is 296 g/mol. The van der Waals surface area contributed by atoms with Crippen LogP contribution in [-0.2, 0) is 6.42 Å². The number of rotatable bonds is 4. The predicted molar refractivity (Wildman–Crippen MR) is 70.1 cm³/mol. The molecule has 0 spiro atoms. The largest absolute Gasteiger partial charge is 0.384 e. The van der Waals surface area contributed by atoms with Crippen molar-refractivity contribution in [3.05, 3.63) is 40.0 Å². The maximum atomic E-state index is 8.76. The lowest BCUT2D eigenvalue weighted by Crippen LogP contribution is -2.05. The van der Waals surface area contributed by atoms with Crippen molar-refractivity contribution in [3.8, 4) is 6.07 Å². The number of aromatic nitrogens is 2. The third-order valence-corrected chi connectivity index (χ3v) is 2.98. The Balaban J connectivity index is 1.92. The van der Waals surface area contributed by atoms with E-state index in [0.717, 1.165) is 10.2 Å². The van der Waals surface area contributed by atoms with Crippen molar-refractivity contribution >= 4 is 21.6 Å². The number of hydrogen-bond donors (Lipinski definition) is 1. The fraction of sp³-hybridized carbons (Fsp3) is 0.250. The second-order valence-corrected chi connectivity index (χ2v) is 4.57. The highest BCUT2D eigenvalue weighted by atomic mass is 79.9. The molecule has 1 heterocycles. The standard InChI is InChI=1S/C12H11BrN4O/c1-8-16-12(18-17-8)4-5-15-11-3-2-9(7-14)6-10(11)13/h2-3,6,15H,4-5H2,1H3.